The molecule has 1 aromatic rings. The van der Waals surface area contributed by atoms with Crippen LogP contribution in [0, 0.1) is 17.2 Å². The van der Waals surface area contributed by atoms with E-state index in [0.29, 0.717) is 48.6 Å². The van der Waals surface area contributed by atoms with Gasteiger partial charge in [0.25, 0.3) is 0 Å². The lowest BCUT2D eigenvalue weighted by molar-refractivity contribution is -0.142. The van der Waals surface area contributed by atoms with Crippen LogP contribution in [0.2, 0.25) is 0 Å². The summed E-state index contributed by atoms with van der Waals surface area (Å²) >= 11 is 0. The van der Waals surface area contributed by atoms with Gasteiger partial charge in [-0.05, 0) is 18.9 Å². The van der Waals surface area contributed by atoms with Crippen LogP contribution < -0.4 is 4.90 Å². The molecule has 1 N–H and O–H groups in total. The zero-order valence-corrected chi connectivity index (χ0v) is 11.2. The lowest BCUT2D eigenvalue weighted by Gasteiger charge is -2.31. The highest BCUT2D eigenvalue weighted by Gasteiger charge is 2.30. The zero-order valence-electron chi connectivity index (χ0n) is 11.2. The van der Waals surface area contributed by atoms with Crippen molar-refractivity contribution in [2.24, 2.45) is 5.92 Å². The van der Waals surface area contributed by atoms with Crippen molar-refractivity contribution in [3.05, 3.63) is 22.9 Å². The Morgan fingerprint density at radius 2 is 2.19 bits per heavy atom. The number of esters is 1. The maximum absolute atomic E-state index is 11.5. The van der Waals surface area contributed by atoms with Crippen molar-refractivity contribution in [1.29, 1.82) is 5.26 Å². The Kier molecular flexibility index (Phi) is 3.22. The first-order valence-electron chi connectivity index (χ1n) is 6.69. The average Bonchev–Trinajstić information content (AvgIpc) is 2.86. The fourth-order valence-electron chi connectivity index (χ4n) is 2.70. The van der Waals surface area contributed by atoms with Crippen molar-refractivity contribution in [3.63, 3.8) is 0 Å². The maximum Gasteiger partial charge on any atom is 0.340 e. The van der Waals surface area contributed by atoms with E-state index in [1.54, 1.807) is 0 Å². The Labute approximate surface area is 120 Å². The SMILES string of the molecule is N#Cc1cc2c(nc1N1CCC(C(=O)O)CC1)COC2=O. The Hall–Kier alpha value is -2.62. The van der Waals surface area contributed by atoms with Gasteiger partial charge in [-0.15, -0.1) is 0 Å². The van der Waals surface area contributed by atoms with Gasteiger partial charge in [-0.2, -0.15) is 5.26 Å². The minimum absolute atomic E-state index is 0.123. The van der Waals surface area contributed by atoms with Gasteiger partial charge in [0.05, 0.1) is 22.7 Å². The van der Waals surface area contributed by atoms with Crippen LogP contribution in [0.15, 0.2) is 6.07 Å². The first kappa shape index (κ1) is 13.4. The summed E-state index contributed by atoms with van der Waals surface area (Å²) in [6.45, 7) is 1.19. The number of cyclic esters (lactones) is 1. The molecule has 1 saturated heterocycles. The molecular formula is C14H13N3O4. The number of carbonyl (C=O) groups is 2. The number of carboxylic acids is 1. The number of aliphatic carboxylic acids is 1. The van der Waals surface area contributed by atoms with Gasteiger partial charge in [0.1, 0.15) is 18.5 Å². The van der Waals surface area contributed by atoms with E-state index in [-0.39, 0.29) is 12.5 Å². The second-order valence-corrected chi connectivity index (χ2v) is 5.14. The highest BCUT2D eigenvalue weighted by molar-refractivity contribution is 5.93. The van der Waals surface area contributed by atoms with Crippen molar-refractivity contribution >= 4 is 17.8 Å². The Bertz CT molecular complexity index is 657. The lowest BCUT2D eigenvalue weighted by atomic mass is 9.97. The molecule has 0 bridgehead atoms. The first-order chi connectivity index (χ1) is 10.1. The third-order valence-electron chi connectivity index (χ3n) is 3.91. The summed E-state index contributed by atoms with van der Waals surface area (Å²) in [6.07, 6.45) is 1.04. The summed E-state index contributed by atoms with van der Waals surface area (Å²) in [5, 5.41) is 18.3. The Morgan fingerprint density at radius 1 is 1.48 bits per heavy atom. The van der Waals surface area contributed by atoms with Crippen LogP contribution in [0.3, 0.4) is 0 Å². The second-order valence-electron chi connectivity index (χ2n) is 5.14. The molecule has 2 aliphatic rings. The number of carboxylic acid groups (broad SMARTS) is 1. The number of nitrogens with zero attached hydrogens (tertiary/aromatic N) is 3. The standard InChI is InChI=1S/C14H13N3O4/c15-6-9-5-10-11(7-21-14(10)20)16-12(9)17-3-1-8(2-4-17)13(18)19/h5,8H,1-4,7H2,(H,18,19). The van der Waals surface area contributed by atoms with E-state index < -0.39 is 11.9 Å². The summed E-state index contributed by atoms with van der Waals surface area (Å²) < 4.78 is 4.91. The topological polar surface area (TPSA) is 104 Å². The molecule has 2 aliphatic heterocycles. The van der Waals surface area contributed by atoms with Gasteiger partial charge >= 0.3 is 11.9 Å². The van der Waals surface area contributed by atoms with Gasteiger partial charge in [0.2, 0.25) is 0 Å². The van der Waals surface area contributed by atoms with Crippen molar-refractivity contribution in [3.8, 4) is 6.07 Å². The maximum atomic E-state index is 11.5. The predicted molar refractivity (Wildman–Crippen MR) is 70.6 cm³/mol. The fourth-order valence-corrected chi connectivity index (χ4v) is 2.70. The molecule has 3 heterocycles. The third kappa shape index (κ3) is 2.29. The van der Waals surface area contributed by atoms with E-state index in [4.69, 9.17) is 9.84 Å². The Morgan fingerprint density at radius 3 is 2.81 bits per heavy atom. The smallest absolute Gasteiger partial charge is 0.340 e. The number of aromatic nitrogens is 1. The molecule has 0 unspecified atom stereocenters. The molecule has 21 heavy (non-hydrogen) atoms. The summed E-state index contributed by atoms with van der Waals surface area (Å²) in [5.74, 6) is -1.06. The summed E-state index contributed by atoms with van der Waals surface area (Å²) in [4.78, 5) is 28.7. The minimum atomic E-state index is -0.781. The largest absolute Gasteiger partial charge is 0.481 e. The van der Waals surface area contributed by atoms with Crippen LogP contribution in [0.4, 0.5) is 5.82 Å². The fraction of sp³-hybridized carbons (Fsp3) is 0.429. The van der Waals surface area contributed by atoms with Gasteiger partial charge in [-0.3, -0.25) is 4.79 Å². The summed E-state index contributed by atoms with van der Waals surface area (Å²) in [6, 6.07) is 3.56. The second kappa shape index (κ2) is 5.05. The molecule has 1 fully saturated rings. The molecule has 0 spiro atoms. The van der Waals surface area contributed by atoms with Gasteiger partial charge in [0, 0.05) is 13.1 Å². The van der Waals surface area contributed by atoms with Crippen LogP contribution in [-0.4, -0.2) is 35.1 Å². The number of anilines is 1. The number of rotatable bonds is 2. The average molecular weight is 287 g/mol. The molecule has 0 atom stereocenters. The molecule has 3 rings (SSSR count). The summed E-state index contributed by atoms with van der Waals surface area (Å²) in [7, 11) is 0. The van der Waals surface area contributed by atoms with Gasteiger partial charge < -0.3 is 14.7 Å². The van der Waals surface area contributed by atoms with E-state index in [9.17, 15) is 14.9 Å². The molecule has 1 aromatic heterocycles. The van der Waals surface area contributed by atoms with Crippen LogP contribution >= 0.6 is 0 Å². The Balaban J connectivity index is 1.88. The van der Waals surface area contributed by atoms with Gasteiger partial charge in [-0.25, -0.2) is 9.78 Å². The molecule has 108 valence electrons. The highest BCUT2D eigenvalue weighted by atomic mass is 16.5. The van der Waals surface area contributed by atoms with E-state index in [1.807, 2.05) is 11.0 Å². The number of hydrogen-bond donors (Lipinski definition) is 1. The van der Waals surface area contributed by atoms with Crippen molar-refractivity contribution < 1.29 is 19.4 Å². The quantitative estimate of drug-likeness (QED) is 0.807. The van der Waals surface area contributed by atoms with Crippen molar-refractivity contribution in [2.75, 3.05) is 18.0 Å². The summed E-state index contributed by atoms with van der Waals surface area (Å²) in [5.41, 5.74) is 1.20. The zero-order chi connectivity index (χ0) is 15.0. The lowest BCUT2D eigenvalue weighted by Crippen LogP contribution is -2.37. The van der Waals surface area contributed by atoms with Gasteiger partial charge in [0.15, 0.2) is 0 Å². The number of fused-ring (bicyclic) bond motifs is 1. The van der Waals surface area contributed by atoms with E-state index in [2.05, 4.69) is 4.98 Å². The molecule has 0 aromatic carbocycles. The number of carbonyl (C=O) groups excluding carboxylic acids is 1. The van der Waals surface area contributed by atoms with Crippen molar-refractivity contribution in [1.82, 2.24) is 4.98 Å². The number of pyridine rings is 1. The van der Waals surface area contributed by atoms with Crippen LogP contribution in [-0.2, 0) is 16.1 Å². The normalized spacial score (nSPS) is 18.0. The molecule has 0 amide bonds. The number of ether oxygens (including phenoxy) is 1. The first-order valence-corrected chi connectivity index (χ1v) is 6.69. The van der Waals surface area contributed by atoms with Crippen molar-refractivity contribution in [2.45, 2.75) is 19.4 Å². The molecule has 0 saturated carbocycles. The molecule has 7 heteroatoms. The number of piperidine rings is 1. The van der Waals surface area contributed by atoms with Crippen LogP contribution in [0.5, 0.6) is 0 Å². The van der Waals surface area contributed by atoms with Gasteiger partial charge in [-0.1, -0.05) is 0 Å². The molecule has 0 aliphatic carbocycles. The van der Waals surface area contributed by atoms with Crippen LogP contribution in [0.1, 0.15) is 34.5 Å². The molecule has 7 nitrogen and oxygen atoms in total. The van der Waals surface area contributed by atoms with E-state index in [0.717, 1.165) is 0 Å². The number of nitriles is 1. The third-order valence-corrected chi connectivity index (χ3v) is 3.91. The molecule has 0 radical (unpaired) electrons. The highest BCUT2D eigenvalue weighted by Crippen LogP contribution is 2.29. The minimum Gasteiger partial charge on any atom is -0.481 e. The van der Waals surface area contributed by atoms with E-state index >= 15 is 0 Å². The monoisotopic (exact) mass is 287 g/mol. The number of hydrogen-bond acceptors (Lipinski definition) is 6. The van der Waals surface area contributed by atoms with E-state index in [1.165, 1.54) is 6.07 Å². The predicted octanol–water partition coefficient (Wildman–Crippen LogP) is 0.925. The molecular weight excluding hydrogens is 274 g/mol. The van der Waals surface area contributed by atoms with Crippen LogP contribution in [0.25, 0.3) is 0 Å².